The van der Waals surface area contributed by atoms with Crippen molar-refractivity contribution < 1.29 is 0 Å². The zero-order chi connectivity index (χ0) is 15.9. The van der Waals surface area contributed by atoms with E-state index < -0.39 is 8.80 Å². The molecule has 0 nitrogen and oxygen atoms in total. The Labute approximate surface area is 141 Å². The van der Waals surface area contributed by atoms with E-state index in [1.54, 1.807) is 10.4 Å². The lowest BCUT2D eigenvalue weighted by Gasteiger charge is -2.19. The van der Waals surface area contributed by atoms with Crippen LogP contribution in [0, 0.1) is 0 Å². The average Bonchev–Trinajstić information content (AvgIpc) is 2.64. The van der Waals surface area contributed by atoms with Crippen LogP contribution in [0.3, 0.4) is 0 Å². The Morgan fingerprint density at radius 1 is 0.652 bits per heavy atom. The molecule has 3 rings (SSSR count). The molecule has 1 atom stereocenters. The molecule has 0 aromatic heterocycles. The van der Waals surface area contributed by atoms with Crippen molar-refractivity contribution >= 4 is 19.2 Å². The van der Waals surface area contributed by atoms with Gasteiger partial charge in [-0.2, -0.15) is 0 Å². The van der Waals surface area contributed by atoms with Gasteiger partial charge in [-0.15, -0.1) is 0 Å². The van der Waals surface area contributed by atoms with Crippen LogP contribution < -0.4 is 10.4 Å². The summed E-state index contributed by atoms with van der Waals surface area (Å²) in [6.45, 7) is 2.36. The summed E-state index contributed by atoms with van der Waals surface area (Å²) in [4.78, 5) is 0. The molecular weight excluding hydrogens is 292 g/mol. The number of hydrogen-bond acceptors (Lipinski definition) is 0. The summed E-state index contributed by atoms with van der Waals surface area (Å²) in [7, 11) is -1.13. The highest BCUT2D eigenvalue weighted by Crippen LogP contribution is 2.21. The molecule has 23 heavy (non-hydrogen) atoms. The van der Waals surface area contributed by atoms with Crippen LogP contribution in [0.25, 0.3) is 0 Å². The first-order valence-corrected chi connectivity index (χ1v) is 10.5. The van der Waals surface area contributed by atoms with Crippen LogP contribution in [0.2, 0.25) is 6.04 Å². The zero-order valence-corrected chi connectivity index (χ0v) is 14.9. The third-order valence-corrected chi connectivity index (χ3v) is 7.95. The minimum Gasteiger partial charge on any atom is -0.0629 e. The molecule has 0 aliphatic carbocycles. The average molecular weight is 317 g/mol. The standard InChI is InChI=1S/C22H24Si/c1-19(20-11-5-2-6-12-20)17-18-23(21-13-7-3-8-14-21)22-15-9-4-10-16-22/h2-16,19,23H,17-18H2,1H3. The maximum absolute atomic E-state index is 2.36. The van der Waals surface area contributed by atoms with Gasteiger partial charge in [0.1, 0.15) is 8.80 Å². The van der Waals surface area contributed by atoms with Crippen LogP contribution in [-0.4, -0.2) is 8.80 Å². The van der Waals surface area contributed by atoms with Crippen LogP contribution in [-0.2, 0) is 0 Å². The molecule has 0 N–H and O–H groups in total. The summed E-state index contributed by atoms with van der Waals surface area (Å²) in [6, 6.07) is 34.4. The topological polar surface area (TPSA) is 0 Å². The van der Waals surface area contributed by atoms with Gasteiger partial charge >= 0.3 is 0 Å². The second kappa shape index (κ2) is 7.93. The van der Waals surface area contributed by atoms with E-state index >= 15 is 0 Å². The molecule has 0 spiro atoms. The number of rotatable bonds is 6. The van der Waals surface area contributed by atoms with Gasteiger partial charge in [0.05, 0.1) is 0 Å². The monoisotopic (exact) mass is 316 g/mol. The predicted molar refractivity (Wildman–Crippen MR) is 104 cm³/mol. The molecule has 0 saturated carbocycles. The molecule has 0 radical (unpaired) electrons. The Kier molecular flexibility index (Phi) is 5.44. The summed E-state index contributed by atoms with van der Waals surface area (Å²) in [5.74, 6) is 0.624. The first-order valence-electron chi connectivity index (χ1n) is 8.49. The van der Waals surface area contributed by atoms with Gasteiger partial charge in [-0.3, -0.25) is 0 Å². The van der Waals surface area contributed by atoms with E-state index in [9.17, 15) is 0 Å². The lowest BCUT2D eigenvalue weighted by Crippen LogP contribution is -2.42. The van der Waals surface area contributed by atoms with E-state index in [2.05, 4.69) is 97.9 Å². The predicted octanol–water partition coefficient (Wildman–Crippen LogP) is 4.22. The normalized spacial score (nSPS) is 12.3. The SMILES string of the molecule is CC(CC[SiH](c1ccccc1)c1ccccc1)c1ccccc1. The molecule has 0 fully saturated rings. The molecule has 0 amide bonds. The van der Waals surface area contributed by atoms with Gasteiger partial charge in [0.15, 0.2) is 0 Å². The van der Waals surface area contributed by atoms with Crippen LogP contribution in [0.5, 0.6) is 0 Å². The first-order chi connectivity index (χ1) is 11.3. The van der Waals surface area contributed by atoms with E-state index in [0.29, 0.717) is 5.92 Å². The lowest BCUT2D eigenvalue weighted by molar-refractivity contribution is 0.730. The highest BCUT2D eigenvalue weighted by atomic mass is 28.3. The molecule has 0 aliphatic heterocycles. The molecule has 1 heteroatoms. The smallest absolute Gasteiger partial charge is 0.0629 e. The summed E-state index contributed by atoms with van der Waals surface area (Å²) in [5.41, 5.74) is 1.46. The summed E-state index contributed by atoms with van der Waals surface area (Å²) < 4.78 is 0. The summed E-state index contributed by atoms with van der Waals surface area (Å²) in [6.07, 6.45) is 1.25. The molecule has 0 aliphatic rings. The Hall–Kier alpha value is -2.12. The van der Waals surface area contributed by atoms with Gasteiger partial charge in [-0.05, 0) is 17.9 Å². The minimum absolute atomic E-state index is 0.624. The Balaban J connectivity index is 1.77. The van der Waals surface area contributed by atoms with Gasteiger partial charge < -0.3 is 0 Å². The van der Waals surface area contributed by atoms with Crippen LogP contribution in [0.1, 0.15) is 24.8 Å². The largest absolute Gasteiger partial charge is 0.103 e. The molecule has 3 aromatic carbocycles. The van der Waals surface area contributed by atoms with E-state index in [4.69, 9.17) is 0 Å². The van der Waals surface area contributed by atoms with Crippen molar-refractivity contribution in [2.45, 2.75) is 25.3 Å². The quantitative estimate of drug-likeness (QED) is 0.597. The fourth-order valence-corrected chi connectivity index (χ4v) is 6.52. The van der Waals surface area contributed by atoms with Crippen molar-refractivity contribution in [2.75, 3.05) is 0 Å². The molecule has 0 heterocycles. The van der Waals surface area contributed by atoms with Gasteiger partial charge in [0.25, 0.3) is 0 Å². The third kappa shape index (κ3) is 4.20. The van der Waals surface area contributed by atoms with Crippen molar-refractivity contribution in [3.8, 4) is 0 Å². The van der Waals surface area contributed by atoms with Crippen LogP contribution >= 0.6 is 0 Å². The van der Waals surface area contributed by atoms with Crippen molar-refractivity contribution in [2.24, 2.45) is 0 Å². The second-order valence-electron chi connectivity index (χ2n) is 6.26. The zero-order valence-electron chi connectivity index (χ0n) is 13.7. The molecule has 1 unspecified atom stereocenters. The van der Waals surface area contributed by atoms with Gasteiger partial charge in [0, 0.05) is 0 Å². The van der Waals surface area contributed by atoms with Crippen molar-refractivity contribution in [3.63, 3.8) is 0 Å². The van der Waals surface area contributed by atoms with Crippen molar-refractivity contribution in [3.05, 3.63) is 96.6 Å². The lowest BCUT2D eigenvalue weighted by atomic mass is 9.99. The third-order valence-electron chi connectivity index (χ3n) is 4.66. The number of hydrogen-bond donors (Lipinski definition) is 0. The highest BCUT2D eigenvalue weighted by Gasteiger charge is 2.17. The first kappa shape index (κ1) is 15.8. The van der Waals surface area contributed by atoms with Gasteiger partial charge in [-0.1, -0.05) is 114 Å². The fraction of sp³-hybridized carbons (Fsp3) is 0.182. The van der Waals surface area contributed by atoms with E-state index in [1.165, 1.54) is 18.0 Å². The molecular formula is C22H24Si. The Bertz CT molecular complexity index is 652. The maximum Gasteiger partial charge on any atom is 0.103 e. The van der Waals surface area contributed by atoms with Crippen LogP contribution in [0.4, 0.5) is 0 Å². The summed E-state index contributed by atoms with van der Waals surface area (Å²) in [5, 5.41) is 3.11. The van der Waals surface area contributed by atoms with Crippen molar-refractivity contribution in [1.29, 1.82) is 0 Å². The molecule has 0 saturated heterocycles. The van der Waals surface area contributed by atoms with Gasteiger partial charge in [-0.25, -0.2) is 0 Å². The van der Waals surface area contributed by atoms with E-state index in [0.717, 1.165) is 0 Å². The van der Waals surface area contributed by atoms with Gasteiger partial charge in [0.2, 0.25) is 0 Å². The molecule has 0 bridgehead atoms. The number of benzene rings is 3. The van der Waals surface area contributed by atoms with E-state index in [-0.39, 0.29) is 0 Å². The Morgan fingerprint density at radius 3 is 1.57 bits per heavy atom. The molecule has 3 aromatic rings. The summed E-state index contributed by atoms with van der Waals surface area (Å²) >= 11 is 0. The minimum atomic E-state index is -1.13. The van der Waals surface area contributed by atoms with Crippen LogP contribution in [0.15, 0.2) is 91.0 Å². The molecule has 116 valence electrons. The van der Waals surface area contributed by atoms with E-state index in [1.807, 2.05) is 0 Å². The highest BCUT2D eigenvalue weighted by molar-refractivity contribution is 6.85. The Morgan fingerprint density at radius 2 is 1.09 bits per heavy atom. The fourth-order valence-electron chi connectivity index (χ4n) is 3.26. The van der Waals surface area contributed by atoms with Crippen molar-refractivity contribution in [1.82, 2.24) is 0 Å². The second-order valence-corrected chi connectivity index (χ2v) is 9.28. The maximum atomic E-state index is 2.36.